The minimum Gasteiger partial charge on any atom is -0.456 e. The summed E-state index contributed by atoms with van der Waals surface area (Å²) in [4.78, 5) is 0. The fraction of sp³-hybridized carbons (Fsp3) is 0. The van der Waals surface area contributed by atoms with Gasteiger partial charge in [-0.3, -0.25) is 0 Å². The van der Waals surface area contributed by atoms with Crippen LogP contribution in [0.2, 0.25) is 0 Å². The maximum atomic E-state index is 6.18. The molecule has 0 unspecified atom stereocenters. The van der Waals surface area contributed by atoms with Gasteiger partial charge >= 0.3 is 0 Å². The summed E-state index contributed by atoms with van der Waals surface area (Å²) in [6.45, 7) is 0. The van der Waals surface area contributed by atoms with Crippen molar-refractivity contribution in [3.8, 4) is 44.5 Å². The molecule has 45 heavy (non-hydrogen) atoms. The first-order valence-corrected chi connectivity index (χ1v) is 15.4. The van der Waals surface area contributed by atoms with Gasteiger partial charge in [0.1, 0.15) is 11.2 Å². The van der Waals surface area contributed by atoms with Crippen LogP contribution in [0, 0.1) is 0 Å². The van der Waals surface area contributed by atoms with Crippen molar-refractivity contribution < 1.29 is 4.42 Å². The molecular weight excluding hydrogens is 544 g/mol. The van der Waals surface area contributed by atoms with Crippen molar-refractivity contribution >= 4 is 43.5 Å². The van der Waals surface area contributed by atoms with Crippen LogP contribution in [-0.2, 0) is 0 Å². The summed E-state index contributed by atoms with van der Waals surface area (Å²) in [7, 11) is 0. The summed E-state index contributed by atoms with van der Waals surface area (Å²) in [5, 5.41) is 7.35. The number of rotatable bonds is 4. The third-order valence-corrected chi connectivity index (χ3v) is 9.08. The maximum absolute atomic E-state index is 6.18. The second kappa shape index (κ2) is 10.4. The summed E-state index contributed by atoms with van der Waals surface area (Å²) in [6.07, 6.45) is 0. The van der Waals surface area contributed by atoms with Crippen LogP contribution in [-0.4, -0.2) is 0 Å². The normalized spacial score (nSPS) is 11.6. The first-order chi connectivity index (χ1) is 22.3. The fourth-order valence-electron chi connectivity index (χ4n) is 7.07. The Morgan fingerprint density at radius 3 is 1.47 bits per heavy atom. The summed E-state index contributed by atoms with van der Waals surface area (Å²) in [5.41, 5.74) is 11.6. The lowest BCUT2D eigenvalue weighted by atomic mass is 9.85. The molecule has 0 aliphatic rings. The highest BCUT2D eigenvalue weighted by molar-refractivity contribution is 6.21. The van der Waals surface area contributed by atoms with Crippen molar-refractivity contribution in [2.75, 3.05) is 0 Å². The first kappa shape index (κ1) is 25.6. The van der Waals surface area contributed by atoms with Gasteiger partial charge in [0.25, 0.3) is 0 Å². The van der Waals surface area contributed by atoms with E-state index in [4.69, 9.17) is 4.42 Å². The van der Waals surface area contributed by atoms with Gasteiger partial charge in [-0.2, -0.15) is 0 Å². The van der Waals surface area contributed by atoms with Crippen LogP contribution in [0.1, 0.15) is 0 Å². The molecule has 210 valence electrons. The second-order valence-corrected chi connectivity index (χ2v) is 11.6. The van der Waals surface area contributed by atoms with E-state index < -0.39 is 0 Å². The van der Waals surface area contributed by atoms with E-state index >= 15 is 0 Å². The predicted molar refractivity (Wildman–Crippen MR) is 190 cm³/mol. The van der Waals surface area contributed by atoms with Crippen LogP contribution < -0.4 is 0 Å². The van der Waals surface area contributed by atoms with E-state index in [1.807, 2.05) is 12.1 Å². The number of benzene rings is 8. The van der Waals surface area contributed by atoms with E-state index in [-0.39, 0.29) is 0 Å². The summed E-state index contributed by atoms with van der Waals surface area (Å²) in [5.74, 6) is 0. The van der Waals surface area contributed by atoms with E-state index in [1.165, 1.54) is 71.4 Å². The van der Waals surface area contributed by atoms with Crippen molar-refractivity contribution in [3.05, 3.63) is 170 Å². The number of para-hydroxylation sites is 1. The molecule has 8 aromatic carbocycles. The molecule has 0 atom stereocenters. The smallest absolute Gasteiger partial charge is 0.136 e. The number of fused-ring (bicyclic) bond motifs is 5. The van der Waals surface area contributed by atoms with E-state index in [0.717, 1.165) is 16.6 Å². The number of furan rings is 1. The van der Waals surface area contributed by atoms with Crippen LogP contribution in [0.5, 0.6) is 0 Å². The Morgan fingerprint density at radius 2 is 0.778 bits per heavy atom. The van der Waals surface area contributed by atoms with Gasteiger partial charge in [-0.15, -0.1) is 0 Å². The Labute approximate surface area is 261 Å². The molecular formula is C44H28O. The van der Waals surface area contributed by atoms with Crippen molar-refractivity contribution in [2.24, 2.45) is 0 Å². The lowest BCUT2D eigenvalue weighted by Gasteiger charge is -2.18. The quantitative estimate of drug-likeness (QED) is 0.191. The summed E-state index contributed by atoms with van der Waals surface area (Å²) in [6, 6.07) is 61.0. The third-order valence-electron chi connectivity index (χ3n) is 9.08. The maximum Gasteiger partial charge on any atom is 0.136 e. The van der Waals surface area contributed by atoms with Crippen LogP contribution in [0.15, 0.2) is 174 Å². The van der Waals surface area contributed by atoms with Gasteiger partial charge in [0.2, 0.25) is 0 Å². The van der Waals surface area contributed by atoms with E-state index in [0.29, 0.717) is 0 Å². The van der Waals surface area contributed by atoms with Gasteiger partial charge in [-0.05, 0) is 84.3 Å². The van der Waals surface area contributed by atoms with Gasteiger partial charge in [-0.1, -0.05) is 152 Å². The molecule has 0 saturated carbocycles. The van der Waals surface area contributed by atoms with Gasteiger partial charge in [0.05, 0.1) is 0 Å². The van der Waals surface area contributed by atoms with Gasteiger partial charge < -0.3 is 4.42 Å². The second-order valence-electron chi connectivity index (χ2n) is 11.6. The zero-order chi connectivity index (χ0) is 29.7. The minimum absolute atomic E-state index is 0.918. The zero-order valence-electron chi connectivity index (χ0n) is 24.6. The number of hydrogen-bond donors (Lipinski definition) is 0. The van der Waals surface area contributed by atoms with Gasteiger partial charge in [0, 0.05) is 10.8 Å². The molecule has 0 radical (unpaired) electrons. The Morgan fingerprint density at radius 1 is 0.289 bits per heavy atom. The highest BCUT2D eigenvalue weighted by atomic mass is 16.3. The molecule has 0 saturated heterocycles. The van der Waals surface area contributed by atoms with Crippen molar-refractivity contribution in [1.82, 2.24) is 0 Å². The molecule has 1 nitrogen and oxygen atoms in total. The SMILES string of the molecule is c1ccc(-c2cccc(-c3c4ccccc4c(-c4ccc(-c5cccc6oc7ccccc7c56)cc4)c4ccccc34)c2)cc1. The standard InChI is InChI=1S/C44H28O/c1-2-12-29(13-3-1)32-14-10-15-33(28-32)43-37-18-6-4-16-35(37)42(36-17-5-7-19-38(36)43)31-26-24-30(25-27-31)34-21-11-23-41-44(34)39-20-8-9-22-40(39)45-41/h1-28H. The first-order valence-electron chi connectivity index (χ1n) is 15.4. The Balaban J connectivity index is 1.24. The molecule has 0 aliphatic heterocycles. The Bertz CT molecular complexity index is 2460. The van der Waals surface area contributed by atoms with Crippen molar-refractivity contribution in [2.45, 2.75) is 0 Å². The topological polar surface area (TPSA) is 13.1 Å². The number of hydrogen-bond acceptors (Lipinski definition) is 1. The molecule has 9 rings (SSSR count). The average molecular weight is 573 g/mol. The van der Waals surface area contributed by atoms with Crippen LogP contribution in [0.3, 0.4) is 0 Å². The zero-order valence-corrected chi connectivity index (χ0v) is 24.6. The lowest BCUT2D eigenvalue weighted by Crippen LogP contribution is -1.91. The Kier molecular flexibility index (Phi) is 5.89. The summed E-state index contributed by atoms with van der Waals surface area (Å²) < 4.78 is 6.18. The molecule has 1 aromatic heterocycles. The van der Waals surface area contributed by atoms with Crippen LogP contribution in [0.25, 0.3) is 88.0 Å². The van der Waals surface area contributed by atoms with Crippen molar-refractivity contribution in [3.63, 3.8) is 0 Å². The van der Waals surface area contributed by atoms with E-state index in [9.17, 15) is 0 Å². The molecule has 0 spiro atoms. The van der Waals surface area contributed by atoms with Crippen LogP contribution in [0.4, 0.5) is 0 Å². The summed E-state index contributed by atoms with van der Waals surface area (Å²) >= 11 is 0. The molecule has 0 N–H and O–H groups in total. The third kappa shape index (κ3) is 4.17. The molecule has 0 bridgehead atoms. The predicted octanol–water partition coefficient (Wildman–Crippen LogP) is 12.6. The average Bonchev–Trinajstić information content (AvgIpc) is 3.50. The fourth-order valence-corrected chi connectivity index (χ4v) is 7.07. The van der Waals surface area contributed by atoms with Crippen molar-refractivity contribution in [1.29, 1.82) is 0 Å². The highest BCUT2D eigenvalue weighted by Crippen LogP contribution is 2.45. The molecule has 1 heteroatoms. The largest absolute Gasteiger partial charge is 0.456 e. The van der Waals surface area contributed by atoms with Gasteiger partial charge in [0.15, 0.2) is 0 Å². The highest BCUT2D eigenvalue weighted by Gasteiger charge is 2.18. The lowest BCUT2D eigenvalue weighted by molar-refractivity contribution is 0.669. The van der Waals surface area contributed by atoms with Crippen LogP contribution >= 0.6 is 0 Å². The molecule has 0 aliphatic carbocycles. The monoisotopic (exact) mass is 572 g/mol. The molecule has 0 amide bonds. The van der Waals surface area contributed by atoms with Gasteiger partial charge in [-0.25, -0.2) is 0 Å². The molecule has 1 heterocycles. The van der Waals surface area contributed by atoms with E-state index in [2.05, 4.69) is 158 Å². The minimum atomic E-state index is 0.918. The molecule has 0 fully saturated rings. The Hall–Kier alpha value is -5.92. The molecule has 9 aromatic rings. The van der Waals surface area contributed by atoms with E-state index in [1.54, 1.807) is 0 Å².